The van der Waals surface area contributed by atoms with E-state index >= 15 is 0 Å². The fraction of sp³-hybridized carbons (Fsp3) is 0.273. The molecule has 0 fully saturated rings. The Morgan fingerprint density at radius 3 is 2.38 bits per heavy atom. The summed E-state index contributed by atoms with van der Waals surface area (Å²) in [6.07, 6.45) is 3.59. The van der Waals surface area contributed by atoms with Crippen molar-refractivity contribution in [2.24, 2.45) is 10.2 Å². The summed E-state index contributed by atoms with van der Waals surface area (Å²) in [5.74, 6) is -0.359. The predicted octanol–water partition coefficient (Wildman–Crippen LogP) is 2.54. The Morgan fingerprint density at radius 2 is 1.75 bits per heavy atom. The molecule has 0 aromatic heterocycles. The first-order chi connectivity index (χ1) is 7.68. The maximum absolute atomic E-state index is 13.3. The Morgan fingerprint density at radius 1 is 1.12 bits per heavy atom. The van der Waals surface area contributed by atoms with E-state index in [2.05, 4.69) is 10.2 Å². The monoisotopic (exact) mass is 220 g/mol. The van der Waals surface area contributed by atoms with Gasteiger partial charge in [0, 0.05) is 26.5 Å². The van der Waals surface area contributed by atoms with E-state index in [-0.39, 0.29) is 17.8 Å². The van der Waals surface area contributed by atoms with Gasteiger partial charge >= 0.3 is 0 Å². The average Bonchev–Trinajstić information content (AvgIpc) is 2.58. The van der Waals surface area contributed by atoms with Crippen molar-refractivity contribution in [1.29, 1.82) is 0 Å². The maximum Gasteiger partial charge on any atom is 0.217 e. The third kappa shape index (κ3) is 2.03. The molecule has 16 heavy (non-hydrogen) atoms. The van der Waals surface area contributed by atoms with Crippen molar-refractivity contribution in [1.82, 2.24) is 9.80 Å². The minimum Gasteiger partial charge on any atom is -0.340 e. The molecule has 0 spiro atoms. The number of halogens is 1. The van der Waals surface area contributed by atoms with Crippen molar-refractivity contribution >= 4 is 5.69 Å². The zero-order valence-electron chi connectivity index (χ0n) is 9.21. The van der Waals surface area contributed by atoms with E-state index in [0.717, 1.165) is 0 Å². The summed E-state index contributed by atoms with van der Waals surface area (Å²) in [7, 11) is 3.79. The van der Waals surface area contributed by atoms with Crippen LogP contribution in [0.5, 0.6) is 0 Å². The van der Waals surface area contributed by atoms with E-state index in [9.17, 15) is 4.39 Å². The maximum atomic E-state index is 13.3. The number of hydrogen-bond acceptors (Lipinski definition) is 4. The summed E-state index contributed by atoms with van der Waals surface area (Å²) in [5, 5.41) is 8.01. The zero-order chi connectivity index (χ0) is 11.5. The summed E-state index contributed by atoms with van der Waals surface area (Å²) < 4.78 is 13.3. The van der Waals surface area contributed by atoms with Gasteiger partial charge in [0.1, 0.15) is 5.69 Å². The number of benzene rings is 1. The van der Waals surface area contributed by atoms with Gasteiger partial charge in [-0.25, -0.2) is 4.39 Å². The van der Waals surface area contributed by atoms with Crippen molar-refractivity contribution in [3.8, 4) is 0 Å². The molecule has 84 valence electrons. The lowest BCUT2D eigenvalue weighted by Crippen LogP contribution is -2.31. The Labute approximate surface area is 93.7 Å². The van der Waals surface area contributed by atoms with E-state index in [1.807, 2.05) is 36.3 Å². The van der Waals surface area contributed by atoms with Crippen LogP contribution in [-0.4, -0.2) is 30.2 Å². The van der Waals surface area contributed by atoms with E-state index in [1.165, 1.54) is 6.07 Å². The first-order valence-electron chi connectivity index (χ1n) is 4.96. The fourth-order valence-electron chi connectivity index (χ4n) is 1.46. The van der Waals surface area contributed by atoms with Crippen molar-refractivity contribution in [2.75, 3.05) is 14.1 Å². The predicted molar refractivity (Wildman–Crippen MR) is 59.4 cm³/mol. The molecule has 1 aliphatic heterocycles. The molecule has 0 radical (unpaired) electrons. The summed E-state index contributed by atoms with van der Waals surface area (Å²) in [6.45, 7) is 0. The third-order valence-corrected chi connectivity index (χ3v) is 2.39. The SMILES string of the molecule is CN1C=CN(C)C1N=Nc1ccccc1F. The van der Waals surface area contributed by atoms with Crippen LogP contribution >= 0.6 is 0 Å². The zero-order valence-corrected chi connectivity index (χ0v) is 9.21. The summed E-state index contributed by atoms with van der Waals surface area (Å²) in [6, 6.07) is 6.33. The molecule has 1 aliphatic rings. The minimum atomic E-state index is -0.359. The minimum absolute atomic E-state index is 0.195. The number of hydrogen-bond donors (Lipinski definition) is 0. The number of rotatable bonds is 2. The molecule has 4 nitrogen and oxygen atoms in total. The molecule has 0 saturated carbocycles. The molecule has 0 atom stereocenters. The molecule has 0 bridgehead atoms. The Kier molecular flexibility index (Phi) is 2.85. The lowest BCUT2D eigenvalue weighted by molar-refractivity contribution is 0.206. The quantitative estimate of drug-likeness (QED) is 0.717. The van der Waals surface area contributed by atoms with E-state index in [1.54, 1.807) is 18.2 Å². The van der Waals surface area contributed by atoms with Crippen molar-refractivity contribution in [2.45, 2.75) is 6.29 Å². The van der Waals surface area contributed by atoms with Crippen LogP contribution in [0.3, 0.4) is 0 Å². The molecular weight excluding hydrogens is 207 g/mol. The standard InChI is InChI=1S/C11H13FN4/c1-15-7-8-16(2)11(15)14-13-10-6-4-3-5-9(10)12/h3-8,11H,1-2H3. The van der Waals surface area contributed by atoms with Gasteiger partial charge in [0.2, 0.25) is 6.29 Å². The fourth-order valence-corrected chi connectivity index (χ4v) is 1.46. The van der Waals surface area contributed by atoms with Crippen molar-refractivity contribution < 1.29 is 4.39 Å². The van der Waals surface area contributed by atoms with Gasteiger partial charge in [-0.1, -0.05) is 12.1 Å². The molecule has 0 amide bonds. The number of azo groups is 1. The van der Waals surface area contributed by atoms with Crippen LogP contribution in [0.25, 0.3) is 0 Å². The molecule has 0 unspecified atom stereocenters. The van der Waals surface area contributed by atoms with Gasteiger partial charge in [-0.05, 0) is 12.1 Å². The lowest BCUT2D eigenvalue weighted by Gasteiger charge is -2.21. The highest BCUT2D eigenvalue weighted by atomic mass is 19.1. The first-order valence-corrected chi connectivity index (χ1v) is 4.96. The van der Waals surface area contributed by atoms with Gasteiger partial charge in [-0.3, -0.25) is 0 Å². The van der Waals surface area contributed by atoms with Crippen LogP contribution in [0, 0.1) is 5.82 Å². The van der Waals surface area contributed by atoms with Crippen molar-refractivity contribution in [3.05, 3.63) is 42.5 Å². The molecule has 0 saturated heterocycles. The van der Waals surface area contributed by atoms with Crippen LogP contribution in [0.4, 0.5) is 10.1 Å². The van der Waals surface area contributed by atoms with Gasteiger partial charge in [-0.15, -0.1) is 10.2 Å². The molecule has 1 aromatic rings. The van der Waals surface area contributed by atoms with E-state index in [4.69, 9.17) is 0 Å². The van der Waals surface area contributed by atoms with Crippen molar-refractivity contribution in [3.63, 3.8) is 0 Å². The van der Waals surface area contributed by atoms with Crippen LogP contribution in [-0.2, 0) is 0 Å². The highest BCUT2D eigenvalue weighted by Crippen LogP contribution is 2.19. The average molecular weight is 220 g/mol. The number of nitrogens with zero attached hydrogens (tertiary/aromatic N) is 4. The highest BCUT2D eigenvalue weighted by molar-refractivity contribution is 5.36. The second-order valence-electron chi connectivity index (χ2n) is 3.64. The summed E-state index contributed by atoms with van der Waals surface area (Å²) in [4.78, 5) is 3.79. The largest absolute Gasteiger partial charge is 0.340 e. The van der Waals surface area contributed by atoms with E-state index < -0.39 is 0 Å². The summed E-state index contributed by atoms with van der Waals surface area (Å²) >= 11 is 0. The lowest BCUT2D eigenvalue weighted by atomic mass is 10.3. The highest BCUT2D eigenvalue weighted by Gasteiger charge is 2.19. The van der Waals surface area contributed by atoms with Gasteiger partial charge in [0.05, 0.1) is 0 Å². The van der Waals surface area contributed by atoms with Crippen LogP contribution < -0.4 is 0 Å². The Hall–Kier alpha value is -1.91. The second-order valence-corrected chi connectivity index (χ2v) is 3.64. The molecule has 0 N–H and O–H groups in total. The van der Waals surface area contributed by atoms with Gasteiger partial charge in [-0.2, -0.15) is 0 Å². The van der Waals surface area contributed by atoms with Gasteiger partial charge in [0.25, 0.3) is 0 Å². The molecule has 1 aromatic carbocycles. The normalized spacial score (nSPS) is 16.7. The second kappa shape index (κ2) is 4.30. The Balaban J connectivity index is 2.13. The molecular formula is C11H13FN4. The van der Waals surface area contributed by atoms with Gasteiger partial charge in [0.15, 0.2) is 5.82 Å². The molecule has 0 aliphatic carbocycles. The topological polar surface area (TPSA) is 31.2 Å². The smallest absolute Gasteiger partial charge is 0.217 e. The van der Waals surface area contributed by atoms with Crippen LogP contribution in [0.15, 0.2) is 46.9 Å². The molecule has 2 rings (SSSR count). The van der Waals surface area contributed by atoms with Crippen LogP contribution in [0.2, 0.25) is 0 Å². The Bertz CT molecular complexity index is 418. The molecule has 1 heterocycles. The first kappa shape index (κ1) is 10.6. The summed E-state index contributed by atoms with van der Waals surface area (Å²) in [5.41, 5.74) is 0.260. The van der Waals surface area contributed by atoms with Crippen LogP contribution in [0.1, 0.15) is 0 Å². The van der Waals surface area contributed by atoms with E-state index in [0.29, 0.717) is 0 Å². The molecule has 5 heteroatoms. The third-order valence-electron chi connectivity index (χ3n) is 2.39. The van der Waals surface area contributed by atoms with Gasteiger partial charge < -0.3 is 9.80 Å².